The topological polar surface area (TPSA) is 54.5 Å². The van der Waals surface area contributed by atoms with Gasteiger partial charge in [0, 0.05) is 7.05 Å². The zero-order valence-corrected chi connectivity index (χ0v) is 14.5. The molecule has 0 spiro atoms. The number of hydrogen-bond acceptors (Lipinski definition) is 3. The number of hydrogen-bond donors (Lipinski definition) is 0. The second-order valence-corrected chi connectivity index (χ2v) is 7.82. The molecule has 128 valence electrons. The van der Waals surface area contributed by atoms with E-state index < -0.39 is 27.3 Å². The van der Waals surface area contributed by atoms with E-state index in [9.17, 15) is 17.6 Å². The van der Waals surface area contributed by atoms with Gasteiger partial charge in [0.2, 0.25) is 5.91 Å². The lowest BCUT2D eigenvalue weighted by atomic mass is 10.1. The highest BCUT2D eigenvalue weighted by atomic mass is 32.2. The fourth-order valence-corrected chi connectivity index (χ4v) is 3.76. The molecule has 0 heterocycles. The Balaban J connectivity index is 2.04. The van der Waals surface area contributed by atoms with Gasteiger partial charge in [-0.2, -0.15) is 0 Å². The number of carbonyl (C=O) groups is 1. The van der Waals surface area contributed by atoms with E-state index in [1.807, 2.05) is 37.3 Å². The molecule has 0 aliphatic rings. The molecule has 2 aromatic carbocycles. The minimum Gasteiger partial charge on any atom is -0.338 e. The van der Waals surface area contributed by atoms with Gasteiger partial charge in [0.05, 0.1) is 11.8 Å². The van der Waals surface area contributed by atoms with E-state index in [1.54, 1.807) is 7.05 Å². The second-order valence-electron chi connectivity index (χ2n) is 5.75. The summed E-state index contributed by atoms with van der Waals surface area (Å²) in [6.45, 7) is 1.84. The average Bonchev–Trinajstić information content (AvgIpc) is 2.53. The van der Waals surface area contributed by atoms with Crippen LogP contribution in [0.1, 0.15) is 24.1 Å². The Hall–Kier alpha value is -2.21. The lowest BCUT2D eigenvalue weighted by Crippen LogP contribution is -2.34. The largest absolute Gasteiger partial charge is 0.338 e. The highest BCUT2D eigenvalue weighted by Gasteiger charge is 2.23. The molecule has 0 aromatic heterocycles. The van der Waals surface area contributed by atoms with E-state index in [1.165, 1.54) is 29.2 Å². The van der Waals surface area contributed by atoms with Crippen LogP contribution in [0.3, 0.4) is 0 Å². The molecule has 1 atom stereocenters. The van der Waals surface area contributed by atoms with Crippen LogP contribution in [0.4, 0.5) is 4.39 Å². The number of rotatable bonds is 6. The van der Waals surface area contributed by atoms with Crippen LogP contribution < -0.4 is 0 Å². The summed E-state index contributed by atoms with van der Waals surface area (Å²) < 4.78 is 37.6. The normalized spacial score (nSPS) is 12.6. The van der Waals surface area contributed by atoms with Crippen LogP contribution in [0.15, 0.2) is 54.6 Å². The summed E-state index contributed by atoms with van der Waals surface area (Å²) in [5.41, 5.74) is 1.26. The van der Waals surface area contributed by atoms with Crippen LogP contribution in [0.2, 0.25) is 0 Å². The van der Waals surface area contributed by atoms with Gasteiger partial charge in [0.1, 0.15) is 11.6 Å². The third-order valence-electron chi connectivity index (χ3n) is 3.88. The van der Waals surface area contributed by atoms with Crippen LogP contribution in [0, 0.1) is 5.82 Å². The Morgan fingerprint density at radius 2 is 1.79 bits per heavy atom. The zero-order valence-electron chi connectivity index (χ0n) is 13.6. The molecule has 0 N–H and O–H groups in total. The molecule has 0 unspecified atom stereocenters. The second kappa shape index (κ2) is 7.57. The molecule has 0 radical (unpaired) electrons. The minimum absolute atomic E-state index is 0.233. The van der Waals surface area contributed by atoms with Gasteiger partial charge in [0.25, 0.3) is 0 Å². The third kappa shape index (κ3) is 4.89. The van der Waals surface area contributed by atoms with Crippen molar-refractivity contribution >= 4 is 15.7 Å². The van der Waals surface area contributed by atoms with Crippen molar-refractivity contribution in [1.29, 1.82) is 0 Å². The SMILES string of the molecule is C[C@H](c1ccccc1)N(C)C(=O)CS(=O)(=O)Cc1cccc(F)c1. The molecule has 0 bridgehead atoms. The first-order valence-corrected chi connectivity index (χ1v) is 9.36. The molecule has 0 fully saturated rings. The molecule has 0 aliphatic heterocycles. The van der Waals surface area contributed by atoms with Crippen LogP contribution in [-0.4, -0.2) is 32.0 Å². The standard InChI is InChI=1S/C18H20FNO3S/c1-14(16-8-4-3-5-9-16)20(2)18(21)13-24(22,23)12-15-7-6-10-17(19)11-15/h3-11,14H,12-13H2,1-2H3/t14-/m1/s1. The quantitative estimate of drug-likeness (QED) is 0.806. The number of halogens is 1. The van der Waals surface area contributed by atoms with E-state index in [0.29, 0.717) is 5.56 Å². The molecule has 0 aliphatic carbocycles. The summed E-state index contributed by atoms with van der Waals surface area (Å²) in [5.74, 6) is -1.94. The van der Waals surface area contributed by atoms with Crippen molar-refractivity contribution < 1.29 is 17.6 Å². The monoisotopic (exact) mass is 349 g/mol. The van der Waals surface area contributed by atoms with Gasteiger partial charge in [-0.05, 0) is 30.2 Å². The number of benzene rings is 2. The van der Waals surface area contributed by atoms with Crippen LogP contribution in [0.5, 0.6) is 0 Å². The van der Waals surface area contributed by atoms with Gasteiger partial charge in [-0.15, -0.1) is 0 Å². The predicted molar refractivity (Wildman–Crippen MR) is 91.5 cm³/mol. The van der Waals surface area contributed by atoms with Crippen LogP contribution in [-0.2, 0) is 20.4 Å². The van der Waals surface area contributed by atoms with Gasteiger partial charge in [-0.3, -0.25) is 4.79 Å². The first-order valence-electron chi connectivity index (χ1n) is 7.54. The Morgan fingerprint density at radius 1 is 1.12 bits per heavy atom. The Bertz CT molecular complexity index is 806. The zero-order chi connectivity index (χ0) is 17.7. The lowest BCUT2D eigenvalue weighted by Gasteiger charge is -2.25. The van der Waals surface area contributed by atoms with Gasteiger partial charge in [-0.1, -0.05) is 42.5 Å². The molecule has 0 saturated heterocycles. The van der Waals surface area contributed by atoms with E-state index >= 15 is 0 Å². The fourth-order valence-electron chi connectivity index (χ4n) is 2.39. The smallest absolute Gasteiger partial charge is 0.238 e. The van der Waals surface area contributed by atoms with E-state index in [0.717, 1.165) is 5.56 Å². The summed E-state index contributed by atoms with van der Waals surface area (Å²) in [7, 11) is -2.09. The molecule has 24 heavy (non-hydrogen) atoms. The Morgan fingerprint density at radius 3 is 2.42 bits per heavy atom. The number of sulfone groups is 1. The number of carbonyl (C=O) groups excluding carboxylic acids is 1. The molecule has 4 nitrogen and oxygen atoms in total. The van der Waals surface area contributed by atoms with Crippen LogP contribution in [0.25, 0.3) is 0 Å². The molecule has 0 saturated carbocycles. The van der Waals surface area contributed by atoms with Crippen molar-refractivity contribution in [1.82, 2.24) is 4.90 Å². The maximum Gasteiger partial charge on any atom is 0.238 e. The lowest BCUT2D eigenvalue weighted by molar-refractivity contribution is -0.129. The highest BCUT2D eigenvalue weighted by Crippen LogP contribution is 2.19. The van der Waals surface area contributed by atoms with Gasteiger partial charge in [-0.25, -0.2) is 12.8 Å². The van der Waals surface area contributed by atoms with Crippen molar-refractivity contribution in [3.05, 3.63) is 71.5 Å². The van der Waals surface area contributed by atoms with Crippen molar-refractivity contribution in [2.45, 2.75) is 18.7 Å². The summed E-state index contributed by atoms with van der Waals surface area (Å²) in [6.07, 6.45) is 0. The molecular weight excluding hydrogens is 329 g/mol. The van der Waals surface area contributed by atoms with E-state index in [2.05, 4.69) is 0 Å². The predicted octanol–water partition coefficient (Wildman–Crippen LogP) is 2.96. The van der Waals surface area contributed by atoms with Gasteiger partial charge >= 0.3 is 0 Å². The number of amides is 1. The maximum absolute atomic E-state index is 13.2. The van der Waals surface area contributed by atoms with E-state index in [4.69, 9.17) is 0 Å². The summed E-state index contributed by atoms with van der Waals surface area (Å²) in [6, 6.07) is 14.5. The summed E-state index contributed by atoms with van der Waals surface area (Å²) in [5, 5.41) is 0. The molecular formula is C18H20FNO3S. The number of nitrogens with zero attached hydrogens (tertiary/aromatic N) is 1. The van der Waals surface area contributed by atoms with Crippen molar-refractivity contribution in [2.24, 2.45) is 0 Å². The van der Waals surface area contributed by atoms with Crippen molar-refractivity contribution in [3.8, 4) is 0 Å². The van der Waals surface area contributed by atoms with Crippen molar-refractivity contribution in [2.75, 3.05) is 12.8 Å². The van der Waals surface area contributed by atoms with Gasteiger partial charge in [0.15, 0.2) is 9.84 Å². The summed E-state index contributed by atoms with van der Waals surface area (Å²) in [4.78, 5) is 13.7. The average molecular weight is 349 g/mol. The third-order valence-corrected chi connectivity index (χ3v) is 5.34. The first kappa shape index (κ1) is 18.1. The maximum atomic E-state index is 13.2. The first-order chi connectivity index (χ1) is 11.3. The highest BCUT2D eigenvalue weighted by molar-refractivity contribution is 7.91. The Labute approximate surface area is 141 Å². The van der Waals surface area contributed by atoms with E-state index in [-0.39, 0.29) is 11.8 Å². The van der Waals surface area contributed by atoms with Crippen molar-refractivity contribution in [3.63, 3.8) is 0 Å². The molecule has 1 amide bonds. The Kier molecular flexibility index (Phi) is 5.72. The fraction of sp³-hybridized carbons (Fsp3) is 0.278. The van der Waals surface area contributed by atoms with Crippen LogP contribution >= 0.6 is 0 Å². The van der Waals surface area contributed by atoms with Gasteiger partial charge < -0.3 is 4.90 Å². The molecule has 2 aromatic rings. The molecule has 6 heteroatoms. The summed E-state index contributed by atoms with van der Waals surface area (Å²) >= 11 is 0. The molecule has 2 rings (SSSR count). The minimum atomic E-state index is -3.67.